The summed E-state index contributed by atoms with van der Waals surface area (Å²) in [7, 11) is 0. The molecule has 0 bridgehead atoms. The van der Waals surface area contributed by atoms with E-state index in [1.807, 2.05) is 27.7 Å². The van der Waals surface area contributed by atoms with Gasteiger partial charge in [0.05, 0.1) is 11.4 Å². The number of H-pyrrole nitrogens is 1. The maximum atomic E-state index is 12.4. The van der Waals surface area contributed by atoms with Crippen LogP contribution in [-0.2, 0) is 0 Å². The minimum absolute atomic E-state index is 0.178. The summed E-state index contributed by atoms with van der Waals surface area (Å²) in [5.74, 6) is 0.662. The number of fused-ring (bicyclic) bond motifs is 1. The largest absolute Gasteiger partial charge is 0.332 e. The molecule has 108 valence electrons. The molecule has 3 aromatic rings. The van der Waals surface area contributed by atoms with Crippen molar-refractivity contribution >= 4 is 11.2 Å². The lowest BCUT2D eigenvalue weighted by atomic mass is 10.1. The molecule has 1 N–H and O–H groups in total. The van der Waals surface area contributed by atoms with Gasteiger partial charge in [0.1, 0.15) is 11.3 Å². The molecule has 0 amide bonds. The number of aromatic nitrogens is 4. The second kappa shape index (κ2) is 4.55. The van der Waals surface area contributed by atoms with Crippen LogP contribution in [0.1, 0.15) is 28.2 Å². The number of benzene rings is 1. The number of aromatic amines is 1. The highest BCUT2D eigenvalue weighted by Crippen LogP contribution is 2.23. The minimum atomic E-state index is -0.178. The Morgan fingerprint density at radius 1 is 1.00 bits per heavy atom. The third kappa shape index (κ3) is 2.05. The second-order valence-electron chi connectivity index (χ2n) is 5.57. The zero-order valence-electron chi connectivity index (χ0n) is 12.9. The van der Waals surface area contributed by atoms with Gasteiger partial charge in [-0.25, -0.2) is 19.3 Å². The van der Waals surface area contributed by atoms with Gasteiger partial charge in [-0.2, -0.15) is 0 Å². The zero-order chi connectivity index (χ0) is 15.3. The summed E-state index contributed by atoms with van der Waals surface area (Å²) in [4.78, 5) is 24.1. The standard InChI is InChI=1S/C16H18N4O/c1-8-6-9(2)14(10(3)7-8)20-15-13(19-16(20)21)11(4)17-12(5)18-15/h6-7H,1-5H3,(H,19,21). The number of aryl methyl sites for hydroxylation is 5. The van der Waals surface area contributed by atoms with Crippen molar-refractivity contribution in [2.45, 2.75) is 34.6 Å². The van der Waals surface area contributed by atoms with Gasteiger partial charge in [0, 0.05) is 0 Å². The molecule has 21 heavy (non-hydrogen) atoms. The lowest BCUT2D eigenvalue weighted by Crippen LogP contribution is -2.17. The van der Waals surface area contributed by atoms with E-state index in [1.165, 1.54) is 5.56 Å². The zero-order valence-corrected chi connectivity index (χ0v) is 12.9. The van der Waals surface area contributed by atoms with Crippen LogP contribution in [-0.4, -0.2) is 19.5 Å². The van der Waals surface area contributed by atoms with Gasteiger partial charge < -0.3 is 4.98 Å². The van der Waals surface area contributed by atoms with Crippen LogP contribution in [0.25, 0.3) is 16.9 Å². The van der Waals surface area contributed by atoms with Crippen molar-refractivity contribution < 1.29 is 0 Å². The molecule has 0 aliphatic carbocycles. The van der Waals surface area contributed by atoms with E-state index in [1.54, 1.807) is 4.57 Å². The van der Waals surface area contributed by atoms with Gasteiger partial charge in [-0.05, 0) is 45.7 Å². The van der Waals surface area contributed by atoms with Crippen molar-refractivity contribution in [1.82, 2.24) is 19.5 Å². The Balaban J connectivity index is 2.47. The Kier molecular flexibility index (Phi) is 2.93. The summed E-state index contributed by atoms with van der Waals surface area (Å²) in [5.41, 5.74) is 6.15. The fourth-order valence-corrected chi connectivity index (χ4v) is 2.99. The Morgan fingerprint density at radius 3 is 2.24 bits per heavy atom. The van der Waals surface area contributed by atoms with Gasteiger partial charge in [-0.15, -0.1) is 0 Å². The predicted octanol–water partition coefficient (Wildman–Crippen LogP) is 2.65. The van der Waals surface area contributed by atoms with Crippen LogP contribution in [0.4, 0.5) is 0 Å². The fraction of sp³-hybridized carbons (Fsp3) is 0.312. The van der Waals surface area contributed by atoms with E-state index >= 15 is 0 Å². The molecule has 3 rings (SSSR count). The van der Waals surface area contributed by atoms with Crippen LogP contribution in [0.5, 0.6) is 0 Å². The van der Waals surface area contributed by atoms with E-state index < -0.39 is 0 Å². The number of imidazole rings is 1. The molecule has 2 heterocycles. The van der Waals surface area contributed by atoms with Crippen molar-refractivity contribution in [1.29, 1.82) is 0 Å². The smallest absolute Gasteiger partial charge is 0.302 e. The highest BCUT2D eigenvalue weighted by Gasteiger charge is 2.16. The summed E-state index contributed by atoms with van der Waals surface area (Å²) in [6.07, 6.45) is 0. The van der Waals surface area contributed by atoms with Gasteiger partial charge >= 0.3 is 5.69 Å². The van der Waals surface area contributed by atoms with Gasteiger partial charge in [0.15, 0.2) is 5.65 Å². The maximum absolute atomic E-state index is 12.4. The molecule has 5 nitrogen and oxygen atoms in total. The number of nitrogens with zero attached hydrogens (tertiary/aromatic N) is 3. The van der Waals surface area contributed by atoms with Crippen LogP contribution < -0.4 is 5.69 Å². The Hall–Kier alpha value is -2.43. The van der Waals surface area contributed by atoms with Gasteiger partial charge in [-0.3, -0.25) is 0 Å². The summed E-state index contributed by atoms with van der Waals surface area (Å²) in [6, 6.07) is 4.16. The number of hydrogen-bond donors (Lipinski definition) is 1. The van der Waals surface area contributed by atoms with E-state index in [0.717, 1.165) is 22.5 Å². The molecule has 5 heteroatoms. The van der Waals surface area contributed by atoms with Crippen molar-refractivity contribution in [2.75, 3.05) is 0 Å². The van der Waals surface area contributed by atoms with Crippen molar-refractivity contribution in [3.05, 3.63) is 50.8 Å². The molecule has 0 saturated heterocycles. The van der Waals surface area contributed by atoms with E-state index in [2.05, 4.69) is 34.0 Å². The molecule has 0 spiro atoms. The van der Waals surface area contributed by atoms with Crippen LogP contribution in [0.2, 0.25) is 0 Å². The first kappa shape index (κ1) is 13.5. The SMILES string of the molecule is Cc1cc(C)c(-n2c(=O)[nH]c3c(C)nc(C)nc32)c(C)c1. The lowest BCUT2D eigenvalue weighted by Gasteiger charge is -2.12. The van der Waals surface area contributed by atoms with Gasteiger partial charge in [0.2, 0.25) is 0 Å². The Morgan fingerprint density at radius 2 is 1.62 bits per heavy atom. The molecular weight excluding hydrogens is 264 g/mol. The molecular formula is C16H18N4O. The molecule has 0 aliphatic heterocycles. The minimum Gasteiger partial charge on any atom is -0.302 e. The molecule has 0 saturated carbocycles. The second-order valence-corrected chi connectivity index (χ2v) is 5.57. The molecule has 0 radical (unpaired) electrons. The highest BCUT2D eigenvalue weighted by molar-refractivity contribution is 5.76. The van der Waals surface area contributed by atoms with Crippen LogP contribution in [0, 0.1) is 34.6 Å². The van der Waals surface area contributed by atoms with Crippen molar-refractivity contribution in [3.8, 4) is 5.69 Å². The Labute approximate surface area is 122 Å². The van der Waals surface area contributed by atoms with Crippen LogP contribution in [0.3, 0.4) is 0 Å². The van der Waals surface area contributed by atoms with Crippen molar-refractivity contribution in [2.24, 2.45) is 0 Å². The monoisotopic (exact) mass is 282 g/mol. The highest BCUT2D eigenvalue weighted by atomic mass is 16.1. The molecule has 1 aromatic carbocycles. The molecule has 2 aromatic heterocycles. The Bertz CT molecular complexity index is 895. The summed E-state index contributed by atoms with van der Waals surface area (Å²) >= 11 is 0. The van der Waals surface area contributed by atoms with E-state index in [-0.39, 0.29) is 5.69 Å². The van der Waals surface area contributed by atoms with Gasteiger partial charge in [-0.1, -0.05) is 17.7 Å². The molecule has 0 fully saturated rings. The van der Waals surface area contributed by atoms with E-state index in [4.69, 9.17) is 0 Å². The average molecular weight is 282 g/mol. The third-order valence-corrected chi connectivity index (χ3v) is 3.69. The molecule has 0 aliphatic rings. The molecule has 0 atom stereocenters. The van der Waals surface area contributed by atoms with E-state index in [0.29, 0.717) is 17.0 Å². The molecule has 0 unspecified atom stereocenters. The first-order chi connectivity index (χ1) is 9.88. The van der Waals surface area contributed by atoms with E-state index in [9.17, 15) is 4.79 Å². The number of hydrogen-bond acceptors (Lipinski definition) is 3. The first-order valence-electron chi connectivity index (χ1n) is 6.92. The van der Waals surface area contributed by atoms with Crippen LogP contribution in [0.15, 0.2) is 16.9 Å². The predicted molar refractivity (Wildman–Crippen MR) is 83.2 cm³/mol. The summed E-state index contributed by atoms with van der Waals surface area (Å²) in [6.45, 7) is 9.80. The quantitative estimate of drug-likeness (QED) is 0.746. The third-order valence-electron chi connectivity index (χ3n) is 3.69. The number of nitrogens with one attached hydrogen (secondary N) is 1. The summed E-state index contributed by atoms with van der Waals surface area (Å²) in [5, 5.41) is 0. The maximum Gasteiger partial charge on any atom is 0.332 e. The topological polar surface area (TPSA) is 63.6 Å². The summed E-state index contributed by atoms with van der Waals surface area (Å²) < 4.78 is 1.65. The van der Waals surface area contributed by atoms with Crippen LogP contribution >= 0.6 is 0 Å². The average Bonchev–Trinajstić information content (AvgIpc) is 2.66. The first-order valence-corrected chi connectivity index (χ1v) is 6.92. The lowest BCUT2D eigenvalue weighted by molar-refractivity contribution is 0.959. The number of rotatable bonds is 1. The normalized spacial score (nSPS) is 11.3. The van der Waals surface area contributed by atoms with Crippen molar-refractivity contribution in [3.63, 3.8) is 0 Å². The van der Waals surface area contributed by atoms with Gasteiger partial charge in [0.25, 0.3) is 0 Å². The fourth-order valence-electron chi connectivity index (χ4n) is 2.99.